The van der Waals surface area contributed by atoms with E-state index >= 15 is 0 Å². The van der Waals surface area contributed by atoms with Crippen LogP contribution in [0.4, 0.5) is 0 Å². The monoisotopic (exact) mass is 312 g/mol. The number of nitrogens with two attached hydrogens (primary N) is 1. The van der Waals surface area contributed by atoms with Crippen LogP contribution in [0, 0.1) is 18.8 Å². The molecule has 2 rings (SSSR count). The average molecular weight is 312 g/mol. The van der Waals surface area contributed by atoms with E-state index in [-0.39, 0.29) is 10.8 Å². The van der Waals surface area contributed by atoms with Crippen LogP contribution in [0.3, 0.4) is 0 Å². The number of ether oxygens (including phenoxy) is 1. The molecule has 0 saturated carbocycles. The molecule has 2 unspecified atom stereocenters. The van der Waals surface area contributed by atoms with Gasteiger partial charge in [-0.15, -0.1) is 0 Å². The van der Waals surface area contributed by atoms with Crippen molar-refractivity contribution in [3.63, 3.8) is 0 Å². The molecule has 0 bridgehead atoms. The molecule has 2 atom stereocenters. The zero-order valence-corrected chi connectivity index (χ0v) is 13.7. The van der Waals surface area contributed by atoms with Gasteiger partial charge in [-0.25, -0.2) is 8.42 Å². The molecule has 118 valence electrons. The molecule has 21 heavy (non-hydrogen) atoms. The number of piperidine rings is 1. The second-order valence-corrected chi connectivity index (χ2v) is 7.69. The lowest BCUT2D eigenvalue weighted by molar-refractivity contribution is 0.203. The third-order valence-electron chi connectivity index (χ3n) is 4.32. The van der Waals surface area contributed by atoms with Crippen LogP contribution in [0.2, 0.25) is 0 Å². The van der Waals surface area contributed by atoms with E-state index in [1.165, 1.54) is 7.11 Å². The molecule has 0 amide bonds. The Morgan fingerprint density at radius 3 is 2.76 bits per heavy atom. The minimum Gasteiger partial charge on any atom is -0.495 e. The van der Waals surface area contributed by atoms with E-state index in [1.807, 2.05) is 13.0 Å². The van der Waals surface area contributed by atoms with Gasteiger partial charge in [-0.3, -0.25) is 0 Å². The van der Waals surface area contributed by atoms with E-state index in [4.69, 9.17) is 10.5 Å². The summed E-state index contributed by atoms with van der Waals surface area (Å²) in [5, 5.41) is 0. The number of hydrogen-bond donors (Lipinski definition) is 1. The average Bonchev–Trinajstić information content (AvgIpc) is 2.47. The zero-order chi connectivity index (χ0) is 15.6. The Morgan fingerprint density at radius 2 is 2.14 bits per heavy atom. The highest BCUT2D eigenvalue weighted by molar-refractivity contribution is 7.89. The predicted molar refractivity (Wildman–Crippen MR) is 82.8 cm³/mol. The van der Waals surface area contributed by atoms with Gasteiger partial charge in [0.25, 0.3) is 0 Å². The highest BCUT2D eigenvalue weighted by Gasteiger charge is 2.34. The summed E-state index contributed by atoms with van der Waals surface area (Å²) in [6, 6.07) is 5.22. The highest BCUT2D eigenvalue weighted by Crippen LogP contribution is 2.31. The van der Waals surface area contributed by atoms with Gasteiger partial charge in [0.2, 0.25) is 10.0 Å². The van der Waals surface area contributed by atoms with E-state index in [1.54, 1.807) is 16.4 Å². The van der Waals surface area contributed by atoms with Crippen molar-refractivity contribution in [2.45, 2.75) is 25.2 Å². The Hall–Kier alpha value is -1.11. The number of aryl methyl sites for hydroxylation is 1. The predicted octanol–water partition coefficient (Wildman–Crippen LogP) is 1.61. The summed E-state index contributed by atoms with van der Waals surface area (Å²) >= 11 is 0. The smallest absolute Gasteiger partial charge is 0.246 e. The summed E-state index contributed by atoms with van der Waals surface area (Å²) in [4.78, 5) is 0.246. The van der Waals surface area contributed by atoms with Crippen molar-refractivity contribution in [1.29, 1.82) is 0 Å². The first-order chi connectivity index (χ1) is 9.90. The summed E-state index contributed by atoms with van der Waals surface area (Å²) in [5.74, 6) is 1.06. The molecule has 1 aromatic carbocycles. The standard InChI is InChI=1S/C15H24N2O3S/c1-11-4-5-14(20-3)15(8-11)21(18,19)17-7-6-12(2)13(9-16)10-17/h4-5,8,12-13H,6-7,9-10,16H2,1-3H3. The van der Waals surface area contributed by atoms with Gasteiger partial charge in [-0.1, -0.05) is 13.0 Å². The third-order valence-corrected chi connectivity index (χ3v) is 6.20. The first-order valence-electron chi connectivity index (χ1n) is 7.25. The lowest BCUT2D eigenvalue weighted by Crippen LogP contribution is -2.45. The second-order valence-electron chi connectivity index (χ2n) is 5.78. The molecule has 0 aliphatic carbocycles. The molecular weight excluding hydrogens is 288 g/mol. The maximum atomic E-state index is 12.9. The van der Waals surface area contributed by atoms with Crippen molar-refractivity contribution in [2.24, 2.45) is 17.6 Å². The lowest BCUT2D eigenvalue weighted by Gasteiger charge is -2.35. The fourth-order valence-corrected chi connectivity index (χ4v) is 4.52. The first kappa shape index (κ1) is 16.3. The van der Waals surface area contributed by atoms with Gasteiger partial charge >= 0.3 is 0 Å². The largest absolute Gasteiger partial charge is 0.495 e. The molecule has 2 N–H and O–H groups in total. The molecule has 1 aromatic rings. The molecule has 0 spiro atoms. The maximum absolute atomic E-state index is 12.9. The minimum atomic E-state index is -3.54. The van der Waals surface area contributed by atoms with Crippen molar-refractivity contribution in [2.75, 3.05) is 26.7 Å². The molecule has 1 aliphatic rings. The van der Waals surface area contributed by atoms with Gasteiger partial charge in [0.1, 0.15) is 10.6 Å². The quantitative estimate of drug-likeness (QED) is 0.917. The van der Waals surface area contributed by atoms with Gasteiger partial charge in [0, 0.05) is 13.1 Å². The summed E-state index contributed by atoms with van der Waals surface area (Å²) in [7, 11) is -2.05. The number of benzene rings is 1. The van der Waals surface area contributed by atoms with Gasteiger partial charge < -0.3 is 10.5 Å². The number of hydrogen-bond acceptors (Lipinski definition) is 4. The van der Waals surface area contributed by atoms with Gasteiger partial charge in [0.05, 0.1) is 7.11 Å². The molecule has 1 saturated heterocycles. The highest BCUT2D eigenvalue weighted by atomic mass is 32.2. The second kappa shape index (κ2) is 6.34. The Bertz CT molecular complexity index is 601. The zero-order valence-electron chi connectivity index (χ0n) is 12.9. The maximum Gasteiger partial charge on any atom is 0.246 e. The molecular formula is C15H24N2O3S. The van der Waals surface area contributed by atoms with Gasteiger partial charge in [-0.2, -0.15) is 4.31 Å². The Kier molecular flexibility index (Phi) is 4.91. The minimum absolute atomic E-state index is 0.212. The molecule has 1 heterocycles. The van der Waals surface area contributed by atoms with Gasteiger partial charge in [0.15, 0.2) is 0 Å². The van der Waals surface area contributed by atoms with E-state index in [9.17, 15) is 8.42 Å². The van der Waals surface area contributed by atoms with Crippen LogP contribution >= 0.6 is 0 Å². The normalized spacial score (nSPS) is 24.0. The molecule has 1 aliphatic heterocycles. The summed E-state index contributed by atoms with van der Waals surface area (Å²) in [5.41, 5.74) is 6.67. The summed E-state index contributed by atoms with van der Waals surface area (Å²) in [6.07, 6.45) is 0.842. The van der Waals surface area contributed by atoms with Crippen LogP contribution in [0.1, 0.15) is 18.9 Å². The summed E-state index contributed by atoms with van der Waals surface area (Å²) < 4.78 is 32.5. The van der Waals surface area contributed by atoms with E-state index in [0.717, 1.165) is 12.0 Å². The van der Waals surface area contributed by atoms with Crippen molar-refractivity contribution < 1.29 is 13.2 Å². The molecule has 1 fully saturated rings. The molecule has 5 nitrogen and oxygen atoms in total. The van der Waals surface area contributed by atoms with Gasteiger partial charge in [-0.05, 0) is 49.4 Å². The van der Waals surface area contributed by atoms with Crippen molar-refractivity contribution in [3.8, 4) is 5.75 Å². The van der Waals surface area contributed by atoms with Crippen LogP contribution in [0.25, 0.3) is 0 Å². The third kappa shape index (κ3) is 3.22. The Balaban J connectivity index is 2.36. The Labute approximate surface area is 127 Å². The fraction of sp³-hybridized carbons (Fsp3) is 0.600. The van der Waals surface area contributed by atoms with Crippen molar-refractivity contribution in [1.82, 2.24) is 4.31 Å². The Morgan fingerprint density at radius 1 is 1.43 bits per heavy atom. The van der Waals surface area contributed by atoms with E-state index < -0.39 is 10.0 Å². The molecule has 6 heteroatoms. The van der Waals surface area contributed by atoms with Crippen LogP contribution in [0.5, 0.6) is 5.75 Å². The fourth-order valence-electron chi connectivity index (χ4n) is 2.77. The molecule has 0 radical (unpaired) electrons. The van der Waals surface area contributed by atoms with E-state index in [2.05, 4.69) is 6.92 Å². The lowest BCUT2D eigenvalue weighted by atomic mass is 9.88. The first-order valence-corrected chi connectivity index (χ1v) is 8.69. The SMILES string of the molecule is COc1ccc(C)cc1S(=O)(=O)N1CCC(C)C(CN)C1. The van der Waals surface area contributed by atoms with Crippen molar-refractivity contribution >= 4 is 10.0 Å². The number of methoxy groups -OCH3 is 1. The van der Waals surface area contributed by atoms with E-state index in [0.29, 0.717) is 31.3 Å². The van der Waals surface area contributed by atoms with Crippen LogP contribution < -0.4 is 10.5 Å². The number of nitrogens with zero attached hydrogens (tertiary/aromatic N) is 1. The molecule has 0 aromatic heterocycles. The number of rotatable bonds is 4. The topological polar surface area (TPSA) is 72.6 Å². The van der Waals surface area contributed by atoms with Crippen molar-refractivity contribution in [3.05, 3.63) is 23.8 Å². The van der Waals surface area contributed by atoms with Crippen LogP contribution in [-0.4, -0.2) is 39.5 Å². The van der Waals surface area contributed by atoms with Crippen LogP contribution in [-0.2, 0) is 10.0 Å². The number of sulfonamides is 1. The summed E-state index contributed by atoms with van der Waals surface area (Å²) in [6.45, 7) is 5.54. The van der Waals surface area contributed by atoms with Crippen LogP contribution in [0.15, 0.2) is 23.1 Å².